The van der Waals surface area contributed by atoms with Crippen molar-refractivity contribution in [2.45, 2.75) is 152 Å². The molecule has 2 spiro atoms. The molecule has 10 aliphatic rings. The first kappa shape index (κ1) is 43.1. The molecule has 0 unspecified atom stereocenters. The molecule has 8 saturated heterocycles. The monoisotopic (exact) mass is 879 g/mol. The van der Waals surface area contributed by atoms with Crippen molar-refractivity contribution in [2.75, 3.05) is 25.1 Å². The van der Waals surface area contributed by atoms with E-state index in [0.717, 1.165) is 25.7 Å². The van der Waals surface area contributed by atoms with Crippen molar-refractivity contribution < 1.29 is 74.3 Å². The Morgan fingerprint density at radius 3 is 1.46 bits per heavy atom. The number of alkyl halides is 7. The predicted octanol–water partition coefficient (Wildman–Crippen LogP) is 8.99. The molecule has 0 amide bonds. The van der Waals surface area contributed by atoms with E-state index in [1.165, 1.54) is 6.92 Å². The Morgan fingerprint density at radius 2 is 1.07 bits per heavy atom. The molecule has 0 N–H and O–H groups in total. The van der Waals surface area contributed by atoms with Crippen LogP contribution in [0.3, 0.4) is 0 Å². The topological polar surface area (TPSA) is 141 Å². The fraction of sp³-hybridized carbons (Fsp3) is 1.00. The molecule has 0 aromatic heterocycles. The summed E-state index contributed by atoms with van der Waals surface area (Å²) in [6.07, 6.45) is -6.75. The summed E-state index contributed by atoms with van der Waals surface area (Å²) in [5, 5.41) is 3.54. The van der Waals surface area contributed by atoms with Gasteiger partial charge in [0, 0.05) is 53.3 Å². The van der Waals surface area contributed by atoms with Gasteiger partial charge in [0.05, 0.1) is 13.2 Å². The quantitative estimate of drug-likeness (QED) is 0.0463. The number of azide groups is 1. The van der Waals surface area contributed by atoms with E-state index in [2.05, 4.69) is 39.8 Å². The average molecular weight is 881 g/mol. The van der Waals surface area contributed by atoms with E-state index in [1.54, 1.807) is 20.8 Å². The van der Waals surface area contributed by atoms with Crippen molar-refractivity contribution in [3.05, 3.63) is 10.4 Å². The fourth-order valence-electron chi connectivity index (χ4n) is 11.5. The number of rotatable bonds is 7. The van der Waals surface area contributed by atoms with Crippen molar-refractivity contribution in [2.24, 2.45) is 52.5 Å². The van der Waals surface area contributed by atoms with Gasteiger partial charge in [-0.15, -0.1) is 0 Å². The number of fused-ring (bicyclic) bond motifs is 4. The first-order valence-corrected chi connectivity index (χ1v) is 20.7. The Labute approximate surface area is 329 Å². The van der Waals surface area contributed by atoms with Gasteiger partial charge in [-0.1, -0.05) is 48.7 Å². The van der Waals surface area contributed by atoms with Crippen LogP contribution in [0.15, 0.2) is 5.11 Å². The zero-order valence-electron chi connectivity index (χ0n) is 32.3. The van der Waals surface area contributed by atoms with Gasteiger partial charge in [0.2, 0.25) is 11.6 Å². The van der Waals surface area contributed by atoms with Gasteiger partial charge >= 0.3 is 12.4 Å². The lowest BCUT2D eigenvalue weighted by molar-refractivity contribution is -0.598. The van der Waals surface area contributed by atoms with Crippen molar-refractivity contribution >= 4 is 15.9 Å². The van der Waals surface area contributed by atoms with Gasteiger partial charge in [-0.25, -0.2) is 19.6 Å². The van der Waals surface area contributed by atoms with Crippen LogP contribution in [-0.4, -0.2) is 84.4 Å². The van der Waals surface area contributed by atoms with Gasteiger partial charge in [0.15, 0.2) is 23.8 Å². The third-order valence-corrected chi connectivity index (χ3v) is 14.6. The van der Waals surface area contributed by atoms with Crippen molar-refractivity contribution in [3.8, 4) is 0 Å². The smallest absolute Gasteiger partial charge is 0.342 e. The average Bonchev–Trinajstić information content (AvgIpc) is 3.50. The van der Waals surface area contributed by atoms with Crippen LogP contribution in [0.1, 0.15) is 92.9 Å². The Hall–Kier alpha value is -1.03. The zero-order valence-corrected chi connectivity index (χ0v) is 33.9. The fourth-order valence-corrected chi connectivity index (χ4v) is 11.6. The molecule has 320 valence electrons. The van der Waals surface area contributed by atoms with Crippen LogP contribution >= 0.6 is 15.9 Å². The molecule has 8 aliphatic heterocycles. The van der Waals surface area contributed by atoms with E-state index >= 15 is 0 Å². The minimum Gasteiger partial charge on any atom is -0.342 e. The molecule has 56 heavy (non-hydrogen) atoms. The van der Waals surface area contributed by atoms with E-state index < -0.39 is 89.6 Å². The second kappa shape index (κ2) is 14.9. The molecule has 16 atom stereocenters. The molecule has 4 bridgehead atoms. The summed E-state index contributed by atoms with van der Waals surface area (Å²) >= 11 is 3.15. The third kappa shape index (κ3) is 6.45. The summed E-state index contributed by atoms with van der Waals surface area (Å²) in [7, 11) is 0. The first-order chi connectivity index (χ1) is 26.2. The van der Waals surface area contributed by atoms with Gasteiger partial charge in [-0.05, 0) is 81.6 Å². The third-order valence-electron chi connectivity index (χ3n) is 14.3. The summed E-state index contributed by atoms with van der Waals surface area (Å²) < 4.78 is 120. The van der Waals surface area contributed by atoms with Gasteiger partial charge in [0.25, 0.3) is 11.6 Å². The maximum absolute atomic E-state index is 14.4. The molecule has 10 fully saturated rings. The van der Waals surface area contributed by atoms with Crippen LogP contribution in [0.5, 0.6) is 0 Å². The highest BCUT2D eigenvalue weighted by Crippen LogP contribution is 2.66. The summed E-state index contributed by atoms with van der Waals surface area (Å²) in [6, 6.07) is 0. The number of hydrogen-bond acceptors (Lipinski definition) is 11. The standard InChI is InChI=1S/C18H26BrF3O5.C18H26F3N3O5/c1-10-4-5-13-11(2)17(18(20,21)22,23-9-8-19)25-14-16(13)12(10)6-7-15(3,24-14)26-27-16;1-10-4-5-13-11(2)17(18(19,20)21,25-9-8-23-24-22)27-14-16(13)12(10)6-7-15(3,26-14)28-29-16/h10-14H,4-9H2,1-3H3;10-14H,4-9H2,1-3H3/t2*10-,11-,12+,13+,14+,15-,16-,17-/m11/s1. The highest BCUT2D eigenvalue weighted by Gasteiger charge is 2.79. The Morgan fingerprint density at radius 1 is 0.643 bits per heavy atom. The van der Waals surface area contributed by atoms with Crippen molar-refractivity contribution in [1.82, 2.24) is 0 Å². The van der Waals surface area contributed by atoms with Crippen LogP contribution in [0, 0.1) is 47.3 Å². The molecule has 0 aromatic carbocycles. The van der Waals surface area contributed by atoms with Gasteiger partial charge in [0.1, 0.15) is 0 Å². The number of ether oxygens (including phenoxy) is 6. The Bertz CT molecular complexity index is 1520. The maximum atomic E-state index is 14.4. The summed E-state index contributed by atoms with van der Waals surface area (Å²) in [5.41, 5.74) is 6.25. The van der Waals surface area contributed by atoms with Gasteiger partial charge in [-0.3, -0.25) is 0 Å². The van der Waals surface area contributed by atoms with Crippen LogP contribution in [0.2, 0.25) is 0 Å². The normalized spacial score (nSPS) is 50.7. The highest BCUT2D eigenvalue weighted by molar-refractivity contribution is 9.09. The van der Waals surface area contributed by atoms with E-state index in [-0.39, 0.29) is 42.2 Å². The number of halogens is 7. The SMILES string of the molecule is C[C@@H]1CC[C@H]2[C@@H](C)[C@](OCCBr)(C(F)(F)F)O[C@@H]3O[C@@]4(C)CC[C@@H]1[C@]32OO4.C[C@@H]1CC[C@H]2[C@@H](C)[C@](OCCN=[N+]=[N-])(C(F)(F)F)O[C@@H]3O[C@@]4(C)CC[C@@H]1[C@]32OO4. The number of nitrogens with zero attached hydrogens (tertiary/aromatic N) is 3. The van der Waals surface area contributed by atoms with E-state index in [0.29, 0.717) is 25.7 Å². The van der Waals surface area contributed by atoms with Crippen LogP contribution in [0.25, 0.3) is 10.4 Å². The lowest BCUT2D eigenvalue weighted by atomic mass is 9.57. The molecule has 13 nitrogen and oxygen atoms in total. The second-order valence-corrected chi connectivity index (χ2v) is 18.1. The first-order valence-electron chi connectivity index (χ1n) is 19.6. The molecule has 20 heteroatoms. The zero-order chi connectivity index (χ0) is 40.7. The summed E-state index contributed by atoms with van der Waals surface area (Å²) in [6.45, 7) is 9.79. The summed E-state index contributed by atoms with van der Waals surface area (Å²) in [5.74, 6) is -10.4. The highest BCUT2D eigenvalue weighted by atomic mass is 79.9. The molecule has 10 rings (SSSR count). The minimum absolute atomic E-state index is 0.00966. The molecule has 8 heterocycles. The Balaban J connectivity index is 0.000000172. The molecular weight excluding hydrogens is 828 g/mol. The van der Waals surface area contributed by atoms with Crippen LogP contribution < -0.4 is 0 Å². The number of hydrogen-bond donors (Lipinski definition) is 0. The lowest BCUT2D eigenvalue weighted by Crippen LogP contribution is -2.76. The summed E-state index contributed by atoms with van der Waals surface area (Å²) in [4.78, 5) is 25.6. The molecule has 0 radical (unpaired) electrons. The minimum atomic E-state index is -4.82. The van der Waals surface area contributed by atoms with Gasteiger partial charge in [-0.2, -0.15) is 26.3 Å². The Kier molecular flexibility index (Phi) is 11.4. The molecule has 2 aliphatic carbocycles. The van der Waals surface area contributed by atoms with Crippen molar-refractivity contribution in [3.63, 3.8) is 0 Å². The van der Waals surface area contributed by atoms with Crippen molar-refractivity contribution in [1.29, 1.82) is 0 Å². The molecule has 0 aromatic rings. The van der Waals surface area contributed by atoms with E-state index in [9.17, 15) is 26.3 Å². The largest absolute Gasteiger partial charge is 0.443 e. The molecule has 2 saturated carbocycles. The lowest BCUT2D eigenvalue weighted by Gasteiger charge is -2.62. The predicted molar refractivity (Wildman–Crippen MR) is 183 cm³/mol. The van der Waals surface area contributed by atoms with E-state index in [1.807, 2.05) is 0 Å². The second-order valence-electron chi connectivity index (χ2n) is 17.3. The van der Waals surface area contributed by atoms with Gasteiger partial charge < -0.3 is 28.4 Å². The van der Waals surface area contributed by atoms with Crippen LogP contribution in [0.4, 0.5) is 26.3 Å². The molecular formula is C36H52BrF6N3O10. The van der Waals surface area contributed by atoms with Crippen LogP contribution in [-0.2, 0) is 48.0 Å². The maximum Gasteiger partial charge on any atom is 0.443 e. The van der Waals surface area contributed by atoms with E-state index in [4.69, 9.17) is 53.5 Å².